The molecule has 2 N–H and O–H groups in total. The van der Waals surface area contributed by atoms with Crippen molar-refractivity contribution < 1.29 is 4.79 Å². The molecule has 0 heterocycles. The van der Waals surface area contributed by atoms with E-state index in [1.54, 1.807) is 0 Å². The summed E-state index contributed by atoms with van der Waals surface area (Å²) in [5.74, 6) is 0. The predicted octanol–water partition coefficient (Wildman–Crippen LogP) is 4.40. The smallest absolute Gasteiger partial charge is 0.319 e. The lowest BCUT2D eigenvalue weighted by Crippen LogP contribution is -2.39. The Morgan fingerprint density at radius 2 is 1.73 bits per heavy atom. The molecule has 0 aliphatic carbocycles. The molecular weight excluding hydrogens is 272 g/mol. The van der Waals surface area contributed by atoms with Crippen molar-refractivity contribution in [1.82, 2.24) is 5.32 Å². The molecule has 22 heavy (non-hydrogen) atoms. The molecule has 2 amide bonds. The summed E-state index contributed by atoms with van der Waals surface area (Å²) in [7, 11) is 0. The highest BCUT2D eigenvalue weighted by atomic mass is 16.2. The van der Waals surface area contributed by atoms with Crippen LogP contribution in [0.3, 0.4) is 0 Å². The maximum Gasteiger partial charge on any atom is 0.319 e. The van der Waals surface area contributed by atoms with E-state index >= 15 is 0 Å². The Hall–Kier alpha value is -2.29. The molecule has 2 aromatic carbocycles. The van der Waals surface area contributed by atoms with Crippen LogP contribution in [-0.2, 0) is 5.41 Å². The van der Waals surface area contributed by atoms with E-state index in [0.717, 1.165) is 16.8 Å². The summed E-state index contributed by atoms with van der Waals surface area (Å²) in [6, 6.07) is 16.1. The first-order chi connectivity index (χ1) is 10.4. The van der Waals surface area contributed by atoms with Gasteiger partial charge < -0.3 is 10.6 Å². The minimum absolute atomic E-state index is 0.111. The molecule has 0 radical (unpaired) electrons. The number of aryl methyl sites for hydroxylation is 2. The van der Waals surface area contributed by atoms with E-state index in [2.05, 4.69) is 36.6 Å². The van der Waals surface area contributed by atoms with E-state index in [1.165, 1.54) is 5.56 Å². The predicted molar refractivity (Wildman–Crippen MR) is 92.4 cm³/mol. The zero-order valence-electron chi connectivity index (χ0n) is 13.7. The van der Waals surface area contributed by atoms with Crippen molar-refractivity contribution in [3.05, 3.63) is 65.2 Å². The maximum absolute atomic E-state index is 12.1. The molecule has 0 aliphatic heterocycles. The van der Waals surface area contributed by atoms with E-state index < -0.39 is 0 Å². The Bertz CT molecular complexity index is 648. The molecule has 0 aliphatic rings. The van der Waals surface area contributed by atoms with Crippen LogP contribution in [0.15, 0.2) is 48.5 Å². The highest BCUT2D eigenvalue weighted by Crippen LogP contribution is 2.22. The number of carbonyl (C=O) groups is 1. The van der Waals surface area contributed by atoms with Crippen LogP contribution in [0.2, 0.25) is 0 Å². The number of nitrogens with one attached hydrogen (secondary N) is 2. The van der Waals surface area contributed by atoms with Crippen molar-refractivity contribution >= 4 is 11.7 Å². The van der Waals surface area contributed by atoms with Crippen molar-refractivity contribution in [1.29, 1.82) is 0 Å². The van der Waals surface area contributed by atoms with Gasteiger partial charge in [-0.3, -0.25) is 0 Å². The van der Waals surface area contributed by atoms with Gasteiger partial charge in [-0.15, -0.1) is 0 Å². The van der Waals surface area contributed by atoms with Crippen molar-refractivity contribution in [2.45, 2.75) is 33.1 Å². The minimum atomic E-state index is -0.169. The monoisotopic (exact) mass is 296 g/mol. The van der Waals surface area contributed by atoms with E-state index in [9.17, 15) is 4.79 Å². The molecule has 2 rings (SSSR count). The van der Waals surface area contributed by atoms with E-state index in [-0.39, 0.29) is 11.4 Å². The third-order valence-electron chi connectivity index (χ3n) is 3.89. The summed E-state index contributed by atoms with van der Waals surface area (Å²) in [6.45, 7) is 8.83. The molecule has 0 saturated carbocycles. The molecule has 0 spiro atoms. The zero-order chi connectivity index (χ0) is 16.2. The molecule has 116 valence electrons. The second-order valence-corrected chi connectivity index (χ2v) is 6.38. The SMILES string of the molecule is Cc1ccc(C)c(NC(=O)NCC(C)(C)c2ccccc2)c1. The summed E-state index contributed by atoms with van der Waals surface area (Å²) < 4.78 is 0. The number of anilines is 1. The second-order valence-electron chi connectivity index (χ2n) is 6.38. The normalized spacial score (nSPS) is 11.1. The van der Waals surface area contributed by atoms with Gasteiger partial charge in [0, 0.05) is 17.6 Å². The van der Waals surface area contributed by atoms with Gasteiger partial charge in [0.1, 0.15) is 0 Å². The van der Waals surface area contributed by atoms with Gasteiger partial charge in [0.05, 0.1) is 0 Å². The van der Waals surface area contributed by atoms with Crippen LogP contribution in [0.1, 0.15) is 30.5 Å². The Labute approximate surface area is 132 Å². The minimum Gasteiger partial charge on any atom is -0.337 e. The molecule has 2 aromatic rings. The molecule has 0 unspecified atom stereocenters. The summed E-state index contributed by atoms with van der Waals surface area (Å²) >= 11 is 0. The Morgan fingerprint density at radius 1 is 1.05 bits per heavy atom. The third-order valence-corrected chi connectivity index (χ3v) is 3.89. The molecule has 0 bridgehead atoms. The fourth-order valence-electron chi connectivity index (χ4n) is 2.33. The number of urea groups is 1. The Kier molecular flexibility index (Phi) is 4.86. The highest BCUT2D eigenvalue weighted by Gasteiger charge is 2.21. The number of rotatable bonds is 4. The average molecular weight is 296 g/mol. The average Bonchev–Trinajstić information content (AvgIpc) is 2.50. The van der Waals surface area contributed by atoms with E-state index in [4.69, 9.17) is 0 Å². The van der Waals surface area contributed by atoms with Crippen molar-refractivity contribution in [3.8, 4) is 0 Å². The topological polar surface area (TPSA) is 41.1 Å². The van der Waals surface area contributed by atoms with Crippen molar-refractivity contribution in [3.63, 3.8) is 0 Å². The molecule has 3 nitrogen and oxygen atoms in total. The molecule has 0 fully saturated rings. The van der Waals surface area contributed by atoms with Crippen LogP contribution >= 0.6 is 0 Å². The quantitative estimate of drug-likeness (QED) is 0.862. The van der Waals surface area contributed by atoms with Crippen LogP contribution in [0, 0.1) is 13.8 Å². The lowest BCUT2D eigenvalue weighted by atomic mass is 9.85. The van der Waals surface area contributed by atoms with Gasteiger partial charge >= 0.3 is 6.03 Å². The Morgan fingerprint density at radius 3 is 2.41 bits per heavy atom. The van der Waals surface area contributed by atoms with E-state index in [0.29, 0.717) is 6.54 Å². The maximum atomic E-state index is 12.1. The summed E-state index contributed by atoms with van der Waals surface area (Å²) in [5.41, 5.74) is 4.14. The number of hydrogen-bond donors (Lipinski definition) is 2. The highest BCUT2D eigenvalue weighted by molar-refractivity contribution is 5.90. The largest absolute Gasteiger partial charge is 0.337 e. The third kappa shape index (κ3) is 4.10. The molecule has 3 heteroatoms. The molecule has 0 atom stereocenters. The van der Waals surface area contributed by atoms with Gasteiger partial charge in [0.25, 0.3) is 0 Å². The molecule has 0 saturated heterocycles. The first-order valence-electron chi connectivity index (χ1n) is 7.56. The fourth-order valence-corrected chi connectivity index (χ4v) is 2.33. The lowest BCUT2D eigenvalue weighted by Gasteiger charge is -2.25. The van der Waals surface area contributed by atoms with Crippen LogP contribution in [0.25, 0.3) is 0 Å². The van der Waals surface area contributed by atoms with Crippen molar-refractivity contribution in [2.24, 2.45) is 0 Å². The van der Waals surface area contributed by atoms with E-state index in [1.807, 2.05) is 50.2 Å². The standard InChI is InChI=1S/C19H24N2O/c1-14-10-11-15(2)17(12-14)21-18(22)20-13-19(3,4)16-8-6-5-7-9-16/h5-12H,13H2,1-4H3,(H2,20,21,22). The van der Waals surface area contributed by atoms with Gasteiger partial charge in [-0.25, -0.2) is 4.79 Å². The van der Waals surface area contributed by atoms with Crippen molar-refractivity contribution in [2.75, 3.05) is 11.9 Å². The first-order valence-corrected chi connectivity index (χ1v) is 7.56. The lowest BCUT2D eigenvalue weighted by molar-refractivity contribution is 0.249. The molecule has 0 aromatic heterocycles. The summed E-state index contributed by atoms with van der Waals surface area (Å²) in [5, 5.41) is 5.89. The van der Waals surface area contributed by atoms with Gasteiger partial charge in [-0.2, -0.15) is 0 Å². The number of benzene rings is 2. The van der Waals surface area contributed by atoms with Crippen LogP contribution in [-0.4, -0.2) is 12.6 Å². The van der Waals surface area contributed by atoms with Gasteiger partial charge in [0.15, 0.2) is 0 Å². The Balaban J connectivity index is 1.97. The van der Waals surface area contributed by atoms with Gasteiger partial charge in [-0.1, -0.05) is 56.3 Å². The van der Waals surface area contributed by atoms with Crippen LogP contribution in [0.5, 0.6) is 0 Å². The van der Waals surface area contributed by atoms with Crippen LogP contribution in [0.4, 0.5) is 10.5 Å². The summed E-state index contributed by atoms with van der Waals surface area (Å²) in [6.07, 6.45) is 0. The van der Waals surface area contributed by atoms with Gasteiger partial charge in [0.2, 0.25) is 0 Å². The number of carbonyl (C=O) groups excluding carboxylic acids is 1. The molecular formula is C19H24N2O. The first kappa shape index (κ1) is 16.1. The second kappa shape index (κ2) is 6.65. The zero-order valence-corrected chi connectivity index (χ0v) is 13.7. The summed E-state index contributed by atoms with van der Waals surface area (Å²) in [4.78, 5) is 12.1. The number of hydrogen-bond acceptors (Lipinski definition) is 1. The van der Waals surface area contributed by atoms with Crippen LogP contribution < -0.4 is 10.6 Å². The van der Waals surface area contributed by atoms with Gasteiger partial charge in [-0.05, 0) is 36.6 Å². The number of amides is 2. The fraction of sp³-hybridized carbons (Fsp3) is 0.316.